The Kier molecular flexibility index (Phi) is 6.09. The Morgan fingerprint density at radius 1 is 1.04 bits per heavy atom. The number of nitriles is 1. The molecule has 1 aliphatic heterocycles. The van der Waals surface area contributed by atoms with Gasteiger partial charge in [-0.25, -0.2) is 0 Å². The van der Waals surface area contributed by atoms with Crippen molar-refractivity contribution in [3.63, 3.8) is 0 Å². The summed E-state index contributed by atoms with van der Waals surface area (Å²) in [6, 6.07) is 19.0. The maximum atomic E-state index is 9.56. The molecule has 1 aliphatic rings. The zero-order valence-corrected chi connectivity index (χ0v) is 15.8. The van der Waals surface area contributed by atoms with Gasteiger partial charge in [0, 0.05) is 31.9 Å². The average molecular weight is 345 g/mol. The molecule has 0 saturated carbocycles. The standard InChI is InChI=1S/C23H27N3/c1-3-12-25-13-15-26(16-14-25)22-10-8-20(9-11-22)17-21(18-24)23-7-5-4-6-19(23)2/h4-11,17H,3,12-16H2,1-2H3/b21-17+. The molecule has 1 fully saturated rings. The normalized spacial score (nSPS) is 15.7. The summed E-state index contributed by atoms with van der Waals surface area (Å²) in [5.41, 5.74) is 5.18. The van der Waals surface area contributed by atoms with E-state index in [0.717, 1.165) is 42.9 Å². The van der Waals surface area contributed by atoms with Gasteiger partial charge in [-0.1, -0.05) is 43.3 Å². The van der Waals surface area contributed by atoms with E-state index >= 15 is 0 Å². The molecule has 0 aromatic heterocycles. The molecule has 134 valence electrons. The van der Waals surface area contributed by atoms with E-state index in [1.165, 1.54) is 18.7 Å². The highest BCUT2D eigenvalue weighted by atomic mass is 15.3. The second-order valence-corrected chi connectivity index (χ2v) is 6.90. The summed E-state index contributed by atoms with van der Waals surface area (Å²) in [5.74, 6) is 0. The highest BCUT2D eigenvalue weighted by molar-refractivity contribution is 5.90. The highest BCUT2D eigenvalue weighted by Gasteiger charge is 2.16. The van der Waals surface area contributed by atoms with Crippen LogP contribution in [0, 0.1) is 18.3 Å². The molecule has 0 unspecified atom stereocenters. The van der Waals surface area contributed by atoms with E-state index in [1.54, 1.807) is 0 Å². The summed E-state index contributed by atoms with van der Waals surface area (Å²) >= 11 is 0. The summed E-state index contributed by atoms with van der Waals surface area (Å²) in [7, 11) is 0. The number of allylic oxidation sites excluding steroid dienone is 1. The molecule has 2 aromatic carbocycles. The van der Waals surface area contributed by atoms with Gasteiger partial charge >= 0.3 is 0 Å². The molecule has 26 heavy (non-hydrogen) atoms. The van der Waals surface area contributed by atoms with Crippen LogP contribution in [0.25, 0.3) is 11.6 Å². The van der Waals surface area contributed by atoms with Crippen molar-refractivity contribution in [1.82, 2.24) is 4.90 Å². The van der Waals surface area contributed by atoms with Crippen LogP contribution < -0.4 is 4.90 Å². The molecular formula is C23H27N3. The number of benzene rings is 2. The van der Waals surface area contributed by atoms with Crippen LogP contribution in [-0.2, 0) is 0 Å². The van der Waals surface area contributed by atoms with E-state index in [2.05, 4.69) is 47.1 Å². The monoisotopic (exact) mass is 345 g/mol. The van der Waals surface area contributed by atoms with Gasteiger partial charge in [0.1, 0.15) is 0 Å². The van der Waals surface area contributed by atoms with E-state index in [0.29, 0.717) is 5.57 Å². The first-order valence-corrected chi connectivity index (χ1v) is 9.46. The molecule has 0 bridgehead atoms. The van der Waals surface area contributed by atoms with Crippen molar-refractivity contribution in [3.05, 3.63) is 65.2 Å². The minimum Gasteiger partial charge on any atom is -0.369 e. The SMILES string of the molecule is CCCN1CCN(c2ccc(/C=C(\C#N)c3ccccc3C)cc2)CC1. The van der Waals surface area contributed by atoms with Gasteiger partial charge in [0.05, 0.1) is 11.6 Å². The second-order valence-electron chi connectivity index (χ2n) is 6.90. The Morgan fingerprint density at radius 2 is 1.73 bits per heavy atom. The van der Waals surface area contributed by atoms with Crippen molar-refractivity contribution in [2.45, 2.75) is 20.3 Å². The third-order valence-corrected chi connectivity index (χ3v) is 5.04. The van der Waals surface area contributed by atoms with Crippen molar-refractivity contribution in [2.24, 2.45) is 0 Å². The number of rotatable bonds is 5. The van der Waals surface area contributed by atoms with Crippen LogP contribution in [0.4, 0.5) is 5.69 Å². The number of aryl methyl sites for hydroxylation is 1. The zero-order chi connectivity index (χ0) is 18.4. The van der Waals surface area contributed by atoms with Gasteiger partial charge in [-0.2, -0.15) is 5.26 Å². The molecule has 0 atom stereocenters. The molecule has 3 heteroatoms. The van der Waals surface area contributed by atoms with E-state index < -0.39 is 0 Å². The van der Waals surface area contributed by atoms with Gasteiger partial charge in [-0.3, -0.25) is 4.90 Å². The fraction of sp³-hybridized carbons (Fsp3) is 0.348. The molecular weight excluding hydrogens is 318 g/mol. The van der Waals surface area contributed by atoms with E-state index in [-0.39, 0.29) is 0 Å². The maximum absolute atomic E-state index is 9.56. The van der Waals surface area contributed by atoms with Crippen LogP contribution in [0.15, 0.2) is 48.5 Å². The number of nitrogens with zero attached hydrogens (tertiary/aromatic N) is 3. The fourth-order valence-corrected chi connectivity index (χ4v) is 3.54. The van der Waals surface area contributed by atoms with Crippen LogP contribution in [-0.4, -0.2) is 37.6 Å². The Labute approximate surface area is 157 Å². The Morgan fingerprint density at radius 3 is 2.35 bits per heavy atom. The van der Waals surface area contributed by atoms with E-state index in [1.807, 2.05) is 37.3 Å². The lowest BCUT2D eigenvalue weighted by molar-refractivity contribution is 0.258. The summed E-state index contributed by atoms with van der Waals surface area (Å²) in [4.78, 5) is 4.99. The lowest BCUT2D eigenvalue weighted by atomic mass is 9.99. The zero-order valence-electron chi connectivity index (χ0n) is 15.8. The molecule has 0 N–H and O–H groups in total. The molecule has 1 saturated heterocycles. The van der Waals surface area contributed by atoms with Gasteiger partial charge in [0.25, 0.3) is 0 Å². The maximum Gasteiger partial charge on any atom is 0.0998 e. The smallest absolute Gasteiger partial charge is 0.0998 e. The molecule has 0 aliphatic carbocycles. The molecule has 2 aromatic rings. The Bertz CT molecular complexity index is 791. The fourth-order valence-electron chi connectivity index (χ4n) is 3.54. The first-order valence-electron chi connectivity index (χ1n) is 9.46. The van der Waals surface area contributed by atoms with Crippen LogP contribution in [0.3, 0.4) is 0 Å². The van der Waals surface area contributed by atoms with Crippen molar-refractivity contribution in [3.8, 4) is 6.07 Å². The molecule has 3 rings (SSSR count). The molecule has 0 amide bonds. The number of anilines is 1. The van der Waals surface area contributed by atoms with Gasteiger partial charge in [-0.15, -0.1) is 0 Å². The first-order chi connectivity index (χ1) is 12.7. The quantitative estimate of drug-likeness (QED) is 0.586. The number of piperazine rings is 1. The van der Waals surface area contributed by atoms with E-state index in [4.69, 9.17) is 0 Å². The second kappa shape index (κ2) is 8.69. The van der Waals surface area contributed by atoms with Crippen LogP contribution in [0.2, 0.25) is 0 Å². The van der Waals surface area contributed by atoms with Gasteiger partial charge < -0.3 is 4.90 Å². The summed E-state index contributed by atoms with van der Waals surface area (Å²) < 4.78 is 0. The lowest BCUT2D eigenvalue weighted by Gasteiger charge is -2.36. The van der Waals surface area contributed by atoms with Crippen molar-refractivity contribution in [2.75, 3.05) is 37.6 Å². The Balaban J connectivity index is 1.72. The van der Waals surface area contributed by atoms with Crippen LogP contribution in [0.1, 0.15) is 30.0 Å². The average Bonchev–Trinajstić information content (AvgIpc) is 2.68. The summed E-state index contributed by atoms with van der Waals surface area (Å²) in [6.07, 6.45) is 3.20. The highest BCUT2D eigenvalue weighted by Crippen LogP contribution is 2.23. The van der Waals surface area contributed by atoms with Crippen molar-refractivity contribution >= 4 is 17.3 Å². The van der Waals surface area contributed by atoms with Gasteiger partial charge in [0.15, 0.2) is 0 Å². The van der Waals surface area contributed by atoms with Crippen molar-refractivity contribution in [1.29, 1.82) is 5.26 Å². The van der Waals surface area contributed by atoms with Gasteiger partial charge in [0.2, 0.25) is 0 Å². The largest absolute Gasteiger partial charge is 0.369 e. The van der Waals surface area contributed by atoms with Crippen molar-refractivity contribution < 1.29 is 0 Å². The third-order valence-electron chi connectivity index (χ3n) is 5.04. The van der Waals surface area contributed by atoms with Crippen LogP contribution >= 0.6 is 0 Å². The van der Waals surface area contributed by atoms with Crippen LogP contribution in [0.5, 0.6) is 0 Å². The summed E-state index contributed by atoms with van der Waals surface area (Å²) in [5, 5.41) is 9.56. The Hall–Kier alpha value is -2.57. The summed E-state index contributed by atoms with van der Waals surface area (Å²) in [6.45, 7) is 9.94. The molecule has 1 heterocycles. The molecule has 3 nitrogen and oxygen atoms in total. The predicted octanol–water partition coefficient (Wildman–Crippen LogP) is 4.59. The lowest BCUT2D eigenvalue weighted by Crippen LogP contribution is -2.46. The molecule has 0 spiro atoms. The minimum absolute atomic E-state index is 0.712. The van der Waals surface area contributed by atoms with E-state index in [9.17, 15) is 5.26 Å². The molecule has 0 radical (unpaired) electrons. The first kappa shape index (κ1) is 18.2. The third kappa shape index (κ3) is 4.33. The topological polar surface area (TPSA) is 30.3 Å². The van der Waals surface area contributed by atoms with Gasteiger partial charge in [-0.05, 0) is 54.8 Å². The predicted molar refractivity (Wildman–Crippen MR) is 110 cm³/mol. The number of hydrogen-bond acceptors (Lipinski definition) is 3. The minimum atomic E-state index is 0.712. The number of hydrogen-bond donors (Lipinski definition) is 0.